The predicted molar refractivity (Wildman–Crippen MR) is 175 cm³/mol. The van der Waals surface area contributed by atoms with Crippen molar-refractivity contribution < 1.29 is 29.3 Å². The van der Waals surface area contributed by atoms with Crippen LogP contribution in [-0.2, 0) is 22.6 Å². The summed E-state index contributed by atoms with van der Waals surface area (Å²) in [6.07, 6.45) is 8.08. The van der Waals surface area contributed by atoms with Crippen molar-refractivity contribution in [1.82, 2.24) is 29.7 Å². The Labute approximate surface area is 274 Å². The SMILES string of the molecule is CCCN(Cc1cnc(C2CC2)n1C(=O)OC(C)(C)C)C(=O)OC(C)(C)C.CO.Cl.Cl.OCCNCc1cnc(C2CC2)[nH]1. The molecule has 2 aliphatic carbocycles. The number of carbonyl (C=O) groups is 2. The lowest BCUT2D eigenvalue weighted by Gasteiger charge is -2.27. The van der Waals surface area contributed by atoms with Gasteiger partial charge in [-0.15, -0.1) is 24.8 Å². The highest BCUT2D eigenvalue weighted by Gasteiger charge is 2.34. The average Bonchev–Trinajstić information content (AvgIpc) is 3.84. The number of hydrogen-bond acceptors (Lipinski definition) is 9. The third-order valence-electron chi connectivity index (χ3n) is 6.09. The molecule has 2 fully saturated rings. The van der Waals surface area contributed by atoms with Crippen LogP contribution in [-0.4, -0.2) is 84.8 Å². The van der Waals surface area contributed by atoms with E-state index in [1.807, 2.05) is 54.7 Å². The summed E-state index contributed by atoms with van der Waals surface area (Å²) in [4.78, 5) is 39.0. The van der Waals surface area contributed by atoms with Crippen LogP contribution in [0.15, 0.2) is 12.4 Å². The molecule has 2 aliphatic rings. The average molecular weight is 666 g/mol. The number of H-pyrrole nitrogens is 1. The monoisotopic (exact) mass is 664 g/mol. The largest absolute Gasteiger partial charge is 0.444 e. The van der Waals surface area contributed by atoms with Gasteiger partial charge in [-0.1, -0.05) is 6.92 Å². The van der Waals surface area contributed by atoms with Crippen molar-refractivity contribution in [2.75, 3.05) is 26.8 Å². The highest BCUT2D eigenvalue weighted by atomic mass is 35.5. The summed E-state index contributed by atoms with van der Waals surface area (Å²) in [5.74, 6) is 2.82. The number of nitrogens with one attached hydrogen (secondary N) is 2. The van der Waals surface area contributed by atoms with Crippen LogP contribution in [0.3, 0.4) is 0 Å². The summed E-state index contributed by atoms with van der Waals surface area (Å²) in [5, 5.41) is 18.7. The van der Waals surface area contributed by atoms with Gasteiger partial charge in [0.05, 0.1) is 25.0 Å². The first-order valence-electron chi connectivity index (χ1n) is 14.9. The second-order valence-corrected chi connectivity index (χ2v) is 12.6. The molecule has 0 radical (unpaired) electrons. The normalized spacial score (nSPS) is 14.0. The van der Waals surface area contributed by atoms with Gasteiger partial charge in [-0.05, 0) is 73.6 Å². The molecule has 0 saturated heterocycles. The van der Waals surface area contributed by atoms with Crippen LogP contribution in [0.2, 0.25) is 0 Å². The van der Waals surface area contributed by atoms with Gasteiger partial charge in [-0.3, -0.25) is 0 Å². The van der Waals surface area contributed by atoms with Crippen molar-refractivity contribution in [2.24, 2.45) is 0 Å². The Bertz CT molecular complexity index is 1120. The molecular weight excluding hydrogens is 611 g/mol. The molecule has 2 heterocycles. The maximum atomic E-state index is 12.8. The lowest BCUT2D eigenvalue weighted by molar-refractivity contribution is 0.0222. The molecule has 0 unspecified atom stereocenters. The summed E-state index contributed by atoms with van der Waals surface area (Å²) >= 11 is 0. The lowest BCUT2D eigenvalue weighted by Crippen LogP contribution is -2.38. The topological polar surface area (TPSA) is 155 Å². The predicted octanol–water partition coefficient (Wildman–Crippen LogP) is 5.51. The van der Waals surface area contributed by atoms with Crippen molar-refractivity contribution >= 4 is 37.0 Å². The van der Waals surface area contributed by atoms with Gasteiger partial charge in [0, 0.05) is 50.5 Å². The molecule has 12 nitrogen and oxygen atoms in total. The lowest BCUT2D eigenvalue weighted by atomic mass is 10.2. The standard InChI is InChI=1S/C20H33N3O4.C9H15N3O.CH4O.2ClH/c1-8-11-22(17(24)26-19(2,3)4)13-15-12-21-16(14-9-10-14)23(15)18(25)27-20(5,6)7;13-4-3-10-5-8-6-11-9(12-8)7-1-2-7;1-2;;/h12,14H,8-11,13H2,1-7H3;6-7,10,13H,1-5H2,(H,11,12);2H,1H3;2*1H. The Morgan fingerprint density at radius 2 is 1.59 bits per heavy atom. The van der Waals surface area contributed by atoms with Gasteiger partial charge >= 0.3 is 12.2 Å². The van der Waals surface area contributed by atoms with Crippen LogP contribution in [0.4, 0.5) is 9.59 Å². The van der Waals surface area contributed by atoms with E-state index in [-0.39, 0.29) is 43.9 Å². The number of rotatable bonds is 10. The third-order valence-corrected chi connectivity index (χ3v) is 6.09. The van der Waals surface area contributed by atoms with Gasteiger partial charge in [0.25, 0.3) is 0 Å². The summed E-state index contributed by atoms with van der Waals surface area (Å²) < 4.78 is 12.6. The quantitative estimate of drug-likeness (QED) is 0.241. The second kappa shape index (κ2) is 19.2. The Morgan fingerprint density at radius 1 is 1.00 bits per heavy atom. The number of aliphatic hydroxyl groups excluding tert-OH is 2. The van der Waals surface area contributed by atoms with E-state index in [1.165, 1.54) is 17.4 Å². The first-order valence-corrected chi connectivity index (χ1v) is 14.9. The Balaban J connectivity index is 0.000000913. The Hall–Kier alpha value is -2.38. The van der Waals surface area contributed by atoms with Gasteiger partial charge in [0.15, 0.2) is 0 Å². The number of nitrogens with zero attached hydrogens (tertiary/aromatic N) is 4. The number of amides is 1. The summed E-state index contributed by atoms with van der Waals surface area (Å²) in [6, 6.07) is 0. The fraction of sp³-hybridized carbons (Fsp3) is 0.733. The number of hydrogen-bond donors (Lipinski definition) is 4. The number of imidazole rings is 2. The molecule has 2 aromatic rings. The van der Waals surface area contributed by atoms with E-state index in [4.69, 9.17) is 19.7 Å². The van der Waals surface area contributed by atoms with Crippen molar-refractivity contribution in [3.63, 3.8) is 0 Å². The smallest absolute Gasteiger partial charge is 0.420 e. The van der Waals surface area contributed by atoms with E-state index in [2.05, 4.69) is 20.3 Å². The molecule has 0 spiro atoms. The van der Waals surface area contributed by atoms with Crippen molar-refractivity contribution in [3.05, 3.63) is 35.4 Å². The van der Waals surface area contributed by atoms with E-state index < -0.39 is 23.4 Å². The van der Waals surface area contributed by atoms with Gasteiger partial charge in [-0.2, -0.15) is 0 Å². The minimum atomic E-state index is -0.603. The molecular formula is C30H54Cl2N6O6. The van der Waals surface area contributed by atoms with Crippen LogP contribution in [0.25, 0.3) is 0 Å². The molecule has 0 aromatic carbocycles. The summed E-state index contributed by atoms with van der Waals surface area (Å²) in [6.45, 7) is 15.4. The summed E-state index contributed by atoms with van der Waals surface area (Å²) in [7, 11) is 1.00. The summed E-state index contributed by atoms with van der Waals surface area (Å²) in [5.41, 5.74) is 0.572. The zero-order valence-corrected chi connectivity index (χ0v) is 29.1. The molecule has 254 valence electrons. The molecule has 4 N–H and O–H groups in total. The van der Waals surface area contributed by atoms with E-state index in [0.29, 0.717) is 24.7 Å². The molecule has 2 saturated carbocycles. The number of ether oxygens (including phenoxy) is 2. The molecule has 0 atom stereocenters. The molecule has 1 amide bonds. The minimum Gasteiger partial charge on any atom is -0.444 e. The van der Waals surface area contributed by atoms with Crippen LogP contribution < -0.4 is 5.32 Å². The maximum Gasteiger partial charge on any atom is 0.420 e. The highest BCUT2D eigenvalue weighted by molar-refractivity contribution is 5.85. The Morgan fingerprint density at radius 3 is 2.09 bits per heavy atom. The number of carbonyl (C=O) groups excluding carboxylic acids is 2. The number of halogens is 2. The van der Waals surface area contributed by atoms with E-state index >= 15 is 0 Å². The molecule has 4 rings (SSSR count). The van der Waals surface area contributed by atoms with Crippen molar-refractivity contribution in [1.29, 1.82) is 0 Å². The van der Waals surface area contributed by atoms with E-state index in [1.54, 1.807) is 11.1 Å². The van der Waals surface area contributed by atoms with Crippen LogP contribution in [0.1, 0.15) is 115 Å². The van der Waals surface area contributed by atoms with E-state index in [9.17, 15) is 9.59 Å². The molecule has 0 aliphatic heterocycles. The second-order valence-electron chi connectivity index (χ2n) is 12.6. The van der Waals surface area contributed by atoms with Gasteiger partial charge in [0.2, 0.25) is 0 Å². The number of aromatic amines is 1. The van der Waals surface area contributed by atoms with Crippen LogP contribution in [0.5, 0.6) is 0 Å². The zero-order chi connectivity index (χ0) is 31.5. The highest BCUT2D eigenvalue weighted by Crippen LogP contribution is 2.40. The van der Waals surface area contributed by atoms with Gasteiger partial charge < -0.3 is 34.9 Å². The van der Waals surface area contributed by atoms with Gasteiger partial charge in [-0.25, -0.2) is 24.1 Å². The first-order chi connectivity index (χ1) is 19.8. The first kappa shape index (κ1) is 41.6. The van der Waals surface area contributed by atoms with Crippen LogP contribution >= 0.6 is 24.8 Å². The Kier molecular flexibility index (Phi) is 18.2. The fourth-order valence-electron chi connectivity index (χ4n) is 4.02. The maximum absolute atomic E-state index is 12.8. The number of aliphatic hydroxyl groups is 2. The fourth-order valence-corrected chi connectivity index (χ4v) is 4.02. The molecule has 2 aromatic heterocycles. The van der Waals surface area contributed by atoms with Crippen LogP contribution in [0, 0.1) is 0 Å². The molecule has 44 heavy (non-hydrogen) atoms. The van der Waals surface area contributed by atoms with Gasteiger partial charge in [0.1, 0.15) is 22.9 Å². The molecule has 0 bridgehead atoms. The van der Waals surface area contributed by atoms with Crippen molar-refractivity contribution in [3.8, 4) is 0 Å². The third kappa shape index (κ3) is 14.6. The van der Waals surface area contributed by atoms with E-state index in [0.717, 1.165) is 50.3 Å². The van der Waals surface area contributed by atoms with Crippen molar-refractivity contribution in [2.45, 2.75) is 117 Å². The molecule has 14 heteroatoms. The zero-order valence-electron chi connectivity index (χ0n) is 27.5. The minimum absolute atomic E-state index is 0. The number of aromatic nitrogens is 4.